The van der Waals surface area contributed by atoms with Crippen LogP contribution in [-0.2, 0) is 6.54 Å². The number of nitrogens with zero attached hydrogens (tertiary/aromatic N) is 1. The second-order valence-corrected chi connectivity index (χ2v) is 8.41. The Morgan fingerprint density at radius 1 is 1.33 bits per heavy atom. The van der Waals surface area contributed by atoms with Crippen molar-refractivity contribution in [1.29, 1.82) is 0 Å². The molecule has 4 heteroatoms. The summed E-state index contributed by atoms with van der Waals surface area (Å²) in [5, 5.41) is 5.71. The van der Waals surface area contributed by atoms with Crippen LogP contribution in [0.1, 0.15) is 18.7 Å². The third-order valence-corrected chi connectivity index (χ3v) is 7.15. The normalized spacial score (nSPS) is 28.3. The molecule has 3 heterocycles. The summed E-state index contributed by atoms with van der Waals surface area (Å²) in [6.45, 7) is 9.30. The van der Waals surface area contributed by atoms with E-state index in [2.05, 4.69) is 48.3 Å². The molecule has 2 saturated heterocycles. The molecule has 2 aliphatic heterocycles. The van der Waals surface area contributed by atoms with E-state index in [1.54, 1.807) is 0 Å². The van der Waals surface area contributed by atoms with Crippen molar-refractivity contribution in [3.8, 4) is 0 Å². The van der Waals surface area contributed by atoms with Gasteiger partial charge in [0.15, 0.2) is 0 Å². The number of hydrogen-bond donors (Lipinski definition) is 1. The molecule has 0 radical (unpaired) electrons. The maximum Gasteiger partial charge on any atom is 0.0637 e. The van der Waals surface area contributed by atoms with Gasteiger partial charge in [0, 0.05) is 40.1 Å². The molecule has 1 aromatic carbocycles. The fourth-order valence-electron chi connectivity index (χ4n) is 4.11. The second-order valence-electron chi connectivity index (χ2n) is 6.89. The van der Waals surface area contributed by atoms with Crippen molar-refractivity contribution in [2.75, 3.05) is 19.6 Å². The van der Waals surface area contributed by atoms with Crippen LogP contribution in [0.5, 0.6) is 0 Å². The lowest BCUT2D eigenvalue weighted by Crippen LogP contribution is -2.43. The molecule has 2 atom stereocenters. The number of halogens is 1. The zero-order valence-electron chi connectivity index (χ0n) is 12.5. The Hall–Kier alpha value is -0.610. The SMILES string of the molecule is CC1(C)C2CNCC2CN1Cc1sc2ccccc2c1Cl. The Morgan fingerprint density at radius 3 is 2.90 bits per heavy atom. The first-order valence-corrected chi connectivity index (χ1v) is 8.88. The number of rotatable bonds is 2. The molecule has 1 aromatic heterocycles. The zero-order chi connectivity index (χ0) is 14.6. The highest BCUT2D eigenvalue weighted by Crippen LogP contribution is 2.43. The van der Waals surface area contributed by atoms with E-state index in [4.69, 9.17) is 11.6 Å². The van der Waals surface area contributed by atoms with Crippen LogP contribution in [0, 0.1) is 11.8 Å². The quantitative estimate of drug-likeness (QED) is 0.900. The van der Waals surface area contributed by atoms with Crippen molar-refractivity contribution in [2.24, 2.45) is 11.8 Å². The summed E-state index contributed by atoms with van der Waals surface area (Å²) in [6.07, 6.45) is 0. The summed E-state index contributed by atoms with van der Waals surface area (Å²) in [5.41, 5.74) is 0.258. The highest BCUT2D eigenvalue weighted by atomic mass is 35.5. The first-order chi connectivity index (χ1) is 10.1. The van der Waals surface area contributed by atoms with E-state index < -0.39 is 0 Å². The molecule has 0 saturated carbocycles. The van der Waals surface area contributed by atoms with Crippen LogP contribution in [0.25, 0.3) is 10.1 Å². The molecular formula is C17H21ClN2S. The smallest absolute Gasteiger partial charge is 0.0637 e. The first-order valence-electron chi connectivity index (χ1n) is 7.69. The van der Waals surface area contributed by atoms with E-state index in [1.807, 2.05) is 11.3 Å². The van der Waals surface area contributed by atoms with Crippen molar-refractivity contribution in [2.45, 2.75) is 25.9 Å². The number of thiophene rings is 1. The van der Waals surface area contributed by atoms with Crippen molar-refractivity contribution in [1.82, 2.24) is 10.2 Å². The molecule has 2 fully saturated rings. The predicted molar refractivity (Wildman–Crippen MR) is 91.2 cm³/mol. The number of nitrogens with one attached hydrogen (secondary N) is 1. The summed E-state index contributed by atoms with van der Waals surface area (Å²) < 4.78 is 1.30. The van der Waals surface area contributed by atoms with Gasteiger partial charge in [0.2, 0.25) is 0 Å². The monoisotopic (exact) mass is 320 g/mol. The second kappa shape index (κ2) is 4.95. The average Bonchev–Trinajstić information content (AvgIpc) is 3.10. The minimum absolute atomic E-state index is 0.258. The molecule has 0 amide bonds. The largest absolute Gasteiger partial charge is 0.316 e. The van der Waals surface area contributed by atoms with Crippen LogP contribution in [0.15, 0.2) is 24.3 Å². The van der Waals surface area contributed by atoms with Gasteiger partial charge in [-0.1, -0.05) is 29.8 Å². The van der Waals surface area contributed by atoms with Crippen molar-refractivity contribution in [3.05, 3.63) is 34.2 Å². The number of hydrogen-bond acceptors (Lipinski definition) is 3. The lowest BCUT2D eigenvalue weighted by Gasteiger charge is -2.35. The third-order valence-electron chi connectivity index (χ3n) is 5.45. The molecule has 2 nitrogen and oxygen atoms in total. The fourth-order valence-corrected chi connectivity index (χ4v) is 5.62. The Balaban J connectivity index is 1.64. The van der Waals surface area contributed by atoms with E-state index in [1.165, 1.54) is 28.1 Å². The Bertz CT molecular complexity index is 678. The Labute approximate surface area is 135 Å². The topological polar surface area (TPSA) is 15.3 Å². The van der Waals surface area contributed by atoms with E-state index >= 15 is 0 Å². The van der Waals surface area contributed by atoms with Gasteiger partial charge in [-0.2, -0.15) is 0 Å². The summed E-state index contributed by atoms with van der Waals surface area (Å²) in [5.74, 6) is 1.57. The highest BCUT2D eigenvalue weighted by molar-refractivity contribution is 7.19. The van der Waals surface area contributed by atoms with E-state index in [-0.39, 0.29) is 5.54 Å². The molecule has 0 spiro atoms. The standard InChI is InChI=1S/C17H21ClN2S/c1-17(2)13-8-19-7-11(13)9-20(17)10-15-16(18)12-5-3-4-6-14(12)21-15/h3-6,11,13,19H,7-10H2,1-2H3. The van der Waals surface area contributed by atoms with Crippen LogP contribution in [-0.4, -0.2) is 30.1 Å². The molecule has 0 aliphatic carbocycles. The number of fused-ring (bicyclic) bond motifs is 2. The third kappa shape index (κ3) is 2.14. The van der Waals surface area contributed by atoms with Gasteiger partial charge in [-0.25, -0.2) is 0 Å². The van der Waals surface area contributed by atoms with Gasteiger partial charge in [-0.3, -0.25) is 4.90 Å². The minimum Gasteiger partial charge on any atom is -0.316 e. The number of likely N-dealkylation sites (tertiary alicyclic amines) is 1. The molecule has 4 rings (SSSR count). The molecule has 2 aromatic rings. The number of benzene rings is 1. The Kier molecular flexibility index (Phi) is 3.30. The van der Waals surface area contributed by atoms with E-state index in [0.29, 0.717) is 0 Å². The van der Waals surface area contributed by atoms with Gasteiger partial charge in [-0.15, -0.1) is 11.3 Å². The lowest BCUT2D eigenvalue weighted by atomic mass is 9.85. The van der Waals surface area contributed by atoms with E-state index in [0.717, 1.165) is 29.9 Å². The molecule has 21 heavy (non-hydrogen) atoms. The van der Waals surface area contributed by atoms with Crippen LogP contribution in [0.4, 0.5) is 0 Å². The minimum atomic E-state index is 0.258. The highest BCUT2D eigenvalue weighted by Gasteiger charge is 2.49. The molecule has 112 valence electrons. The predicted octanol–water partition coefficient (Wildman–Crippen LogP) is 3.98. The van der Waals surface area contributed by atoms with Crippen molar-refractivity contribution in [3.63, 3.8) is 0 Å². The van der Waals surface area contributed by atoms with Crippen LogP contribution >= 0.6 is 22.9 Å². The van der Waals surface area contributed by atoms with Crippen LogP contribution in [0.3, 0.4) is 0 Å². The fraction of sp³-hybridized carbons (Fsp3) is 0.529. The van der Waals surface area contributed by atoms with Crippen molar-refractivity contribution < 1.29 is 0 Å². The molecular weight excluding hydrogens is 300 g/mol. The van der Waals surface area contributed by atoms with Gasteiger partial charge in [0.05, 0.1) is 5.02 Å². The van der Waals surface area contributed by atoms with Crippen molar-refractivity contribution >= 4 is 33.0 Å². The summed E-state index contributed by atoms with van der Waals surface area (Å²) in [7, 11) is 0. The van der Waals surface area contributed by atoms with Gasteiger partial charge < -0.3 is 5.32 Å². The van der Waals surface area contributed by atoms with E-state index in [9.17, 15) is 0 Å². The molecule has 0 bridgehead atoms. The molecule has 2 unspecified atom stereocenters. The Morgan fingerprint density at radius 2 is 2.14 bits per heavy atom. The maximum atomic E-state index is 6.62. The van der Waals surface area contributed by atoms with Gasteiger partial charge >= 0.3 is 0 Å². The average molecular weight is 321 g/mol. The van der Waals surface area contributed by atoms with Gasteiger partial charge in [0.1, 0.15) is 0 Å². The van der Waals surface area contributed by atoms with Gasteiger partial charge in [0.25, 0.3) is 0 Å². The summed E-state index contributed by atoms with van der Waals surface area (Å²) in [6, 6.07) is 8.46. The molecule has 2 aliphatic rings. The summed E-state index contributed by atoms with van der Waals surface area (Å²) in [4.78, 5) is 3.96. The maximum absolute atomic E-state index is 6.62. The molecule has 1 N–H and O–H groups in total. The summed E-state index contributed by atoms with van der Waals surface area (Å²) >= 11 is 8.47. The lowest BCUT2D eigenvalue weighted by molar-refractivity contribution is 0.133. The zero-order valence-corrected chi connectivity index (χ0v) is 14.1. The van der Waals surface area contributed by atoms with Gasteiger partial charge in [-0.05, 0) is 38.3 Å². The van der Waals surface area contributed by atoms with Crippen LogP contribution < -0.4 is 5.32 Å². The van der Waals surface area contributed by atoms with Crippen LogP contribution in [0.2, 0.25) is 5.02 Å². The first kappa shape index (κ1) is 14.0.